The molecule has 2 heteroatoms. The molecule has 3 fully saturated rings. The maximum Gasteiger partial charge on any atom is 0.0125 e. The zero-order chi connectivity index (χ0) is 11.8. The summed E-state index contributed by atoms with van der Waals surface area (Å²) in [7, 11) is 2.40. The molecule has 2 heterocycles. The lowest BCUT2D eigenvalue weighted by Gasteiger charge is -2.42. The van der Waals surface area contributed by atoms with E-state index < -0.39 is 0 Å². The van der Waals surface area contributed by atoms with Gasteiger partial charge in [-0.25, -0.2) is 0 Å². The number of nitrogens with zero attached hydrogens (tertiary/aromatic N) is 1. The monoisotopic (exact) mass is 236 g/mol. The minimum absolute atomic E-state index is 0.835. The van der Waals surface area contributed by atoms with Gasteiger partial charge in [0.2, 0.25) is 0 Å². The van der Waals surface area contributed by atoms with Crippen LogP contribution in [0.15, 0.2) is 0 Å². The first-order valence-corrected chi connectivity index (χ1v) is 7.70. The van der Waals surface area contributed by atoms with Gasteiger partial charge in [0.05, 0.1) is 0 Å². The molecule has 0 amide bonds. The second kappa shape index (κ2) is 4.89. The maximum absolute atomic E-state index is 3.76. The Kier molecular flexibility index (Phi) is 3.45. The van der Waals surface area contributed by atoms with Crippen LogP contribution in [-0.4, -0.2) is 36.1 Å². The van der Waals surface area contributed by atoms with Crippen LogP contribution in [0.5, 0.6) is 0 Å². The molecule has 0 spiro atoms. The molecule has 4 atom stereocenters. The fraction of sp³-hybridized carbons (Fsp3) is 1.00. The van der Waals surface area contributed by atoms with Crippen molar-refractivity contribution in [3.05, 3.63) is 0 Å². The fourth-order valence-corrected chi connectivity index (χ4v) is 4.43. The molecule has 2 bridgehead atoms. The molecular formula is C15H28N2. The molecule has 0 aromatic heterocycles. The summed E-state index contributed by atoms with van der Waals surface area (Å²) in [5, 5.41) is 3.76. The Balaban J connectivity index is 1.59. The lowest BCUT2D eigenvalue weighted by atomic mass is 9.85. The van der Waals surface area contributed by atoms with E-state index in [9.17, 15) is 0 Å². The zero-order valence-electron chi connectivity index (χ0n) is 11.5. The van der Waals surface area contributed by atoms with E-state index in [0.29, 0.717) is 0 Å². The summed E-state index contributed by atoms with van der Waals surface area (Å²) < 4.78 is 0. The van der Waals surface area contributed by atoms with E-state index in [2.05, 4.69) is 24.2 Å². The molecule has 17 heavy (non-hydrogen) atoms. The first kappa shape index (κ1) is 12.0. The highest BCUT2D eigenvalue weighted by Gasteiger charge is 2.37. The fourth-order valence-electron chi connectivity index (χ4n) is 4.43. The second-order valence-electron chi connectivity index (χ2n) is 6.85. The van der Waals surface area contributed by atoms with Crippen LogP contribution in [0.2, 0.25) is 0 Å². The third-order valence-corrected chi connectivity index (χ3v) is 5.51. The van der Waals surface area contributed by atoms with Crippen LogP contribution >= 0.6 is 0 Å². The van der Waals surface area contributed by atoms with Crippen LogP contribution in [0.4, 0.5) is 0 Å². The van der Waals surface area contributed by atoms with Gasteiger partial charge >= 0.3 is 0 Å². The van der Waals surface area contributed by atoms with Gasteiger partial charge in [-0.2, -0.15) is 0 Å². The first-order chi connectivity index (χ1) is 8.22. The van der Waals surface area contributed by atoms with Gasteiger partial charge in [-0.05, 0) is 51.5 Å². The molecule has 1 N–H and O–H groups in total. The molecule has 1 aliphatic carbocycles. The summed E-state index contributed by atoms with van der Waals surface area (Å²) in [5.41, 5.74) is 0. The number of nitrogens with one attached hydrogen (secondary N) is 1. The van der Waals surface area contributed by atoms with Crippen molar-refractivity contribution in [3.8, 4) is 0 Å². The van der Waals surface area contributed by atoms with Gasteiger partial charge in [0.1, 0.15) is 0 Å². The van der Waals surface area contributed by atoms with Gasteiger partial charge in [-0.1, -0.05) is 19.8 Å². The minimum atomic E-state index is 0.835. The number of hydrogen-bond donors (Lipinski definition) is 1. The van der Waals surface area contributed by atoms with Crippen molar-refractivity contribution in [1.82, 2.24) is 10.2 Å². The molecular weight excluding hydrogens is 208 g/mol. The average Bonchev–Trinajstić information content (AvgIpc) is 2.67. The van der Waals surface area contributed by atoms with Crippen molar-refractivity contribution in [3.63, 3.8) is 0 Å². The molecule has 0 aromatic rings. The van der Waals surface area contributed by atoms with E-state index in [1.54, 1.807) is 0 Å². The Morgan fingerprint density at radius 3 is 2.24 bits per heavy atom. The van der Waals surface area contributed by atoms with Crippen molar-refractivity contribution in [2.45, 2.75) is 82.5 Å². The molecule has 4 unspecified atom stereocenters. The Labute approximate surface area is 106 Å². The number of rotatable bonds is 2. The first-order valence-electron chi connectivity index (χ1n) is 7.70. The quantitative estimate of drug-likeness (QED) is 0.793. The Bertz CT molecular complexity index is 254. The van der Waals surface area contributed by atoms with E-state index in [0.717, 1.165) is 30.1 Å². The summed E-state index contributed by atoms with van der Waals surface area (Å²) in [6.07, 6.45) is 11.5. The maximum atomic E-state index is 3.76. The van der Waals surface area contributed by atoms with Crippen LogP contribution in [0.1, 0.15) is 58.3 Å². The molecule has 1 saturated carbocycles. The number of hydrogen-bond acceptors (Lipinski definition) is 2. The van der Waals surface area contributed by atoms with E-state index in [1.807, 2.05) is 0 Å². The van der Waals surface area contributed by atoms with Crippen LogP contribution in [0, 0.1) is 5.92 Å². The zero-order valence-corrected chi connectivity index (χ0v) is 11.5. The molecule has 2 aliphatic heterocycles. The van der Waals surface area contributed by atoms with E-state index in [1.165, 1.54) is 51.4 Å². The van der Waals surface area contributed by atoms with Crippen LogP contribution in [0.3, 0.4) is 0 Å². The highest BCUT2D eigenvalue weighted by Crippen LogP contribution is 2.33. The molecule has 3 rings (SSSR count). The van der Waals surface area contributed by atoms with Crippen molar-refractivity contribution < 1.29 is 0 Å². The van der Waals surface area contributed by atoms with Crippen LogP contribution in [-0.2, 0) is 0 Å². The third-order valence-electron chi connectivity index (χ3n) is 5.51. The summed E-state index contributed by atoms with van der Waals surface area (Å²) in [6.45, 7) is 2.44. The molecule has 98 valence electrons. The predicted molar refractivity (Wildman–Crippen MR) is 72.2 cm³/mol. The molecule has 2 saturated heterocycles. The number of piperidine rings is 1. The van der Waals surface area contributed by atoms with Gasteiger partial charge in [-0.15, -0.1) is 0 Å². The SMILES string of the molecule is CC1CCCC(N(C)C2CC3CCC(C2)N3)C1. The molecule has 3 aliphatic rings. The van der Waals surface area contributed by atoms with Gasteiger partial charge in [0.15, 0.2) is 0 Å². The normalized spacial score (nSPS) is 46.4. The van der Waals surface area contributed by atoms with E-state index in [-0.39, 0.29) is 0 Å². The average molecular weight is 236 g/mol. The van der Waals surface area contributed by atoms with Crippen LogP contribution in [0.25, 0.3) is 0 Å². The highest BCUT2D eigenvalue weighted by molar-refractivity contribution is 4.96. The third kappa shape index (κ3) is 2.53. The minimum Gasteiger partial charge on any atom is -0.311 e. The van der Waals surface area contributed by atoms with Crippen molar-refractivity contribution in [2.75, 3.05) is 7.05 Å². The summed E-state index contributed by atoms with van der Waals surface area (Å²) >= 11 is 0. The van der Waals surface area contributed by atoms with Gasteiger partial charge in [-0.3, -0.25) is 0 Å². The largest absolute Gasteiger partial charge is 0.311 e. The summed E-state index contributed by atoms with van der Waals surface area (Å²) in [5.74, 6) is 0.953. The Morgan fingerprint density at radius 1 is 0.882 bits per heavy atom. The second-order valence-corrected chi connectivity index (χ2v) is 6.85. The molecule has 2 nitrogen and oxygen atoms in total. The van der Waals surface area contributed by atoms with Crippen molar-refractivity contribution >= 4 is 0 Å². The highest BCUT2D eigenvalue weighted by atomic mass is 15.2. The molecule has 0 radical (unpaired) electrons. The van der Waals surface area contributed by atoms with Gasteiger partial charge in [0.25, 0.3) is 0 Å². The standard InChI is InChI=1S/C15H28N2/c1-11-4-3-5-14(8-11)17(2)15-9-12-6-7-13(10-15)16-12/h11-16H,3-10H2,1-2H3. The Hall–Kier alpha value is -0.0800. The van der Waals surface area contributed by atoms with Crippen LogP contribution < -0.4 is 5.32 Å². The smallest absolute Gasteiger partial charge is 0.0125 e. The summed E-state index contributed by atoms with van der Waals surface area (Å²) in [4.78, 5) is 2.75. The predicted octanol–water partition coefficient (Wildman–Crippen LogP) is 2.78. The Morgan fingerprint density at radius 2 is 1.59 bits per heavy atom. The summed E-state index contributed by atoms with van der Waals surface area (Å²) in [6, 6.07) is 3.41. The van der Waals surface area contributed by atoms with Gasteiger partial charge in [0, 0.05) is 24.2 Å². The molecule has 0 aromatic carbocycles. The topological polar surface area (TPSA) is 15.3 Å². The van der Waals surface area contributed by atoms with Gasteiger partial charge < -0.3 is 10.2 Å². The lowest BCUT2D eigenvalue weighted by Crippen LogP contribution is -2.50. The van der Waals surface area contributed by atoms with E-state index in [4.69, 9.17) is 0 Å². The lowest BCUT2D eigenvalue weighted by molar-refractivity contribution is 0.0878. The number of fused-ring (bicyclic) bond motifs is 2. The van der Waals surface area contributed by atoms with E-state index >= 15 is 0 Å². The van der Waals surface area contributed by atoms with Crippen molar-refractivity contribution in [2.24, 2.45) is 5.92 Å². The van der Waals surface area contributed by atoms with Crippen molar-refractivity contribution in [1.29, 1.82) is 0 Å².